The van der Waals surface area contributed by atoms with Crippen molar-refractivity contribution in [3.8, 4) is 17.3 Å². The van der Waals surface area contributed by atoms with E-state index in [0.29, 0.717) is 10.6 Å². The number of nitrogens with zero attached hydrogens (tertiary/aromatic N) is 3. The number of nitrogens with one attached hydrogen (secondary N) is 1. The van der Waals surface area contributed by atoms with E-state index < -0.39 is 0 Å². The molecule has 0 atom stereocenters. The molecule has 0 unspecified atom stereocenters. The standard InChI is InChI=1S/C22H16N4S/c1-15-4-6-16(7-5-15)21-14-27-22(26-21)18(12-23)13-25-19-8-9-20-17(11-19)3-2-10-24-20/h2-11,13-14,25H,1H3/b18-13+. The summed E-state index contributed by atoms with van der Waals surface area (Å²) in [6.45, 7) is 2.06. The van der Waals surface area contributed by atoms with Crippen LogP contribution in [0, 0.1) is 18.3 Å². The first-order chi connectivity index (χ1) is 13.2. The Labute approximate surface area is 161 Å². The fourth-order valence-corrected chi connectivity index (χ4v) is 3.51. The molecule has 0 aliphatic heterocycles. The van der Waals surface area contributed by atoms with E-state index in [9.17, 15) is 5.26 Å². The number of fused-ring (bicyclic) bond motifs is 1. The Balaban J connectivity index is 1.58. The van der Waals surface area contributed by atoms with E-state index in [1.54, 1.807) is 12.4 Å². The van der Waals surface area contributed by atoms with E-state index in [1.165, 1.54) is 16.9 Å². The highest BCUT2D eigenvalue weighted by molar-refractivity contribution is 7.11. The summed E-state index contributed by atoms with van der Waals surface area (Å²) in [5.74, 6) is 0. The molecule has 0 radical (unpaired) electrons. The molecule has 2 aromatic carbocycles. The quantitative estimate of drug-likeness (QED) is 0.473. The zero-order chi connectivity index (χ0) is 18.6. The van der Waals surface area contributed by atoms with Crippen molar-refractivity contribution in [3.63, 3.8) is 0 Å². The highest BCUT2D eigenvalue weighted by Gasteiger charge is 2.09. The second-order valence-electron chi connectivity index (χ2n) is 6.13. The molecule has 4 aromatic rings. The lowest BCUT2D eigenvalue weighted by Gasteiger charge is -2.03. The Morgan fingerprint density at radius 3 is 2.81 bits per heavy atom. The number of aromatic nitrogens is 2. The van der Waals surface area contributed by atoms with Crippen LogP contribution in [0.3, 0.4) is 0 Å². The van der Waals surface area contributed by atoms with Gasteiger partial charge in [-0.25, -0.2) is 4.98 Å². The Hall–Kier alpha value is -3.49. The van der Waals surface area contributed by atoms with Gasteiger partial charge in [-0.2, -0.15) is 5.26 Å². The molecular weight excluding hydrogens is 352 g/mol. The molecule has 2 aromatic heterocycles. The molecule has 0 aliphatic carbocycles. The molecule has 0 aliphatic rings. The van der Waals surface area contributed by atoms with Crippen molar-refractivity contribution < 1.29 is 0 Å². The molecule has 0 spiro atoms. The second-order valence-corrected chi connectivity index (χ2v) is 6.99. The number of hydrogen-bond acceptors (Lipinski definition) is 5. The summed E-state index contributed by atoms with van der Waals surface area (Å²) in [7, 11) is 0. The third-order valence-electron chi connectivity index (χ3n) is 4.19. The maximum absolute atomic E-state index is 9.54. The fourth-order valence-electron chi connectivity index (χ4n) is 2.72. The maximum Gasteiger partial charge on any atom is 0.136 e. The number of benzene rings is 2. The van der Waals surface area contributed by atoms with E-state index in [0.717, 1.165) is 27.8 Å². The zero-order valence-corrected chi connectivity index (χ0v) is 15.5. The van der Waals surface area contributed by atoms with Gasteiger partial charge >= 0.3 is 0 Å². The highest BCUT2D eigenvalue weighted by Crippen LogP contribution is 2.26. The third-order valence-corrected chi connectivity index (χ3v) is 5.06. The zero-order valence-electron chi connectivity index (χ0n) is 14.7. The summed E-state index contributed by atoms with van der Waals surface area (Å²) >= 11 is 1.47. The predicted molar refractivity (Wildman–Crippen MR) is 111 cm³/mol. The molecular formula is C22H16N4S. The molecule has 2 heterocycles. The van der Waals surface area contributed by atoms with Gasteiger partial charge in [-0.15, -0.1) is 11.3 Å². The number of thiazole rings is 1. The number of allylic oxidation sites excluding steroid dienone is 1. The lowest BCUT2D eigenvalue weighted by atomic mass is 10.1. The topological polar surface area (TPSA) is 61.6 Å². The van der Waals surface area contributed by atoms with Crippen LogP contribution in [-0.4, -0.2) is 9.97 Å². The molecule has 0 fully saturated rings. The van der Waals surface area contributed by atoms with E-state index in [4.69, 9.17) is 0 Å². The van der Waals surface area contributed by atoms with E-state index in [1.807, 2.05) is 47.8 Å². The van der Waals surface area contributed by atoms with Crippen LogP contribution >= 0.6 is 11.3 Å². The average molecular weight is 368 g/mol. The normalized spacial score (nSPS) is 11.3. The largest absolute Gasteiger partial charge is 0.360 e. The van der Waals surface area contributed by atoms with Crippen molar-refractivity contribution in [2.24, 2.45) is 0 Å². The van der Waals surface area contributed by atoms with Gasteiger partial charge in [0.15, 0.2) is 0 Å². The molecule has 0 saturated heterocycles. The van der Waals surface area contributed by atoms with Gasteiger partial charge in [-0.1, -0.05) is 35.9 Å². The number of rotatable bonds is 4. The first-order valence-electron chi connectivity index (χ1n) is 8.47. The monoisotopic (exact) mass is 368 g/mol. The molecule has 1 N–H and O–H groups in total. The molecule has 4 rings (SSSR count). The van der Waals surface area contributed by atoms with Crippen LogP contribution < -0.4 is 5.32 Å². The van der Waals surface area contributed by atoms with Crippen LogP contribution in [0.15, 0.2) is 72.4 Å². The summed E-state index contributed by atoms with van der Waals surface area (Å²) in [4.78, 5) is 8.94. The van der Waals surface area contributed by atoms with E-state index >= 15 is 0 Å². The third kappa shape index (κ3) is 3.71. The first kappa shape index (κ1) is 17.0. The molecule has 0 bridgehead atoms. The minimum absolute atomic E-state index is 0.504. The van der Waals surface area contributed by atoms with Crippen molar-refractivity contribution in [1.82, 2.24) is 9.97 Å². The summed E-state index contributed by atoms with van der Waals surface area (Å²) in [6, 6.07) is 20.3. The highest BCUT2D eigenvalue weighted by atomic mass is 32.1. The maximum atomic E-state index is 9.54. The van der Waals surface area contributed by atoms with Gasteiger partial charge in [0, 0.05) is 34.4 Å². The smallest absolute Gasteiger partial charge is 0.136 e. The summed E-state index contributed by atoms with van der Waals surface area (Å²) in [5.41, 5.74) is 5.49. The predicted octanol–water partition coefficient (Wildman–Crippen LogP) is 5.64. The van der Waals surface area contributed by atoms with E-state index in [-0.39, 0.29) is 0 Å². The summed E-state index contributed by atoms with van der Waals surface area (Å²) < 4.78 is 0. The summed E-state index contributed by atoms with van der Waals surface area (Å²) in [6.07, 6.45) is 3.48. The molecule has 4 nitrogen and oxygen atoms in total. The number of pyridine rings is 1. The van der Waals surface area contributed by atoms with Crippen LogP contribution in [0.1, 0.15) is 10.6 Å². The van der Waals surface area contributed by atoms with Gasteiger partial charge in [-0.3, -0.25) is 4.98 Å². The van der Waals surface area contributed by atoms with Crippen LogP contribution in [0.25, 0.3) is 27.7 Å². The Bertz CT molecular complexity index is 1170. The minimum atomic E-state index is 0.504. The van der Waals surface area contributed by atoms with Gasteiger partial charge in [0.1, 0.15) is 16.6 Å². The lowest BCUT2D eigenvalue weighted by molar-refractivity contribution is 1.36. The van der Waals surface area contributed by atoms with Gasteiger partial charge in [0.25, 0.3) is 0 Å². The van der Waals surface area contributed by atoms with Crippen LogP contribution in [0.2, 0.25) is 0 Å². The Kier molecular flexibility index (Phi) is 4.65. The van der Waals surface area contributed by atoms with Gasteiger partial charge in [0.05, 0.1) is 11.2 Å². The minimum Gasteiger partial charge on any atom is -0.360 e. The van der Waals surface area contributed by atoms with Gasteiger partial charge in [-0.05, 0) is 31.2 Å². The van der Waals surface area contributed by atoms with Crippen LogP contribution in [-0.2, 0) is 0 Å². The van der Waals surface area contributed by atoms with Crippen molar-refractivity contribution in [1.29, 1.82) is 5.26 Å². The molecule has 27 heavy (non-hydrogen) atoms. The number of anilines is 1. The van der Waals surface area contributed by atoms with Crippen LogP contribution in [0.5, 0.6) is 0 Å². The Morgan fingerprint density at radius 1 is 1.15 bits per heavy atom. The fraction of sp³-hybridized carbons (Fsp3) is 0.0455. The van der Waals surface area contributed by atoms with Crippen molar-refractivity contribution >= 4 is 33.5 Å². The first-order valence-corrected chi connectivity index (χ1v) is 9.35. The molecule has 0 amide bonds. The Morgan fingerprint density at radius 2 is 2.00 bits per heavy atom. The molecule has 0 saturated carbocycles. The van der Waals surface area contributed by atoms with Crippen LogP contribution in [0.4, 0.5) is 5.69 Å². The lowest BCUT2D eigenvalue weighted by Crippen LogP contribution is -1.91. The molecule has 130 valence electrons. The van der Waals surface area contributed by atoms with E-state index in [2.05, 4.69) is 40.4 Å². The molecule has 5 heteroatoms. The average Bonchev–Trinajstić information content (AvgIpc) is 3.19. The van der Waals surface area contributed by atoms with Gasteiger partial charge < -0.3 is 5.32 Å². The van der Waals surface area contributed by atoms with Gasteiger partial charge in [0.2, 0.25) is 0 Å². The van der Waals surface area contributed by atoms with Crippen molar-refractivity contribution in [2.45, 2.75) is 6.92 Å². The van der Waals surface area contributed by atoms with Crippen molar-refractivity contribution in [3.05, 3.63) is 82.9 Å². The SMILES string of the molecule is Cc1ccc(-c2csc(/C(C#N)=C/Nc3ccc4ncccc4c3)n2)cc1. The number of nitriles is 1. The second kappa shape index (κ2) is 7.40. The number of hydrogen-bond donors (Lipinski definition) is 1. The number of aryl methyl sites for hydroxylation is 1. The van der Waals surface area contributed by atoms with Crippen molar-refractivity contribution in [2.75, 3.05) is 5.32 Å². The summed E-state index contributed by atoms with van der Waals surface area (Å²) in [5, 5.41) is 16.5.